The SMILES string of the molecule is COc1ccccc1CNC(=O)CCN(C)[C@@H]1COC[C@H]1O. The van der Waals surface area contributed by atoms with Crippen LogP contribution in [0.15, 0.2) is 24.3 Å². The molecule has 122 valence electrons. The summed E-state index contributed by atoms with van der Waals surface area (Å²) in [4.78, 5) is 13.9. The van der Waals surface area contributed by atoms with E-state index in [0.29, 0.717) is 32.7 Å². The number of carbonyl (C=O) groups is 1. The lowest BCUT2D eigenvalue weighted by Crippen LogP contribution is -2.42. The first-order chi connectivity index (χ1) is 10.6. The monoisotopic (exact) mass is 308 g/mol. The standard InChI is InChI=1S/C16H24N2O4/c1-18(13-10-22-11-14(13)19)8-7-16(20)17-9-12-5-3-4-6-15(12)21-2/h3-6,13-14,19H,7-11H2,1-2H3,(H,17,20)/t13-,14-/m1/s1. The number of nitrogens with zero attached hydrogens (tertiary/aromatic N) is 1. The second kappa shape index (κ2) is 8.12. The molecule has 6 heteroatoms. The lowest BCUT2D eigenvalue weighted by Gasteiger charge is -2.25. The van der Waals surface area contributed by atoms with Crippen LogP contribution in [0.5, 0.6) is 5.75 Å². The van der Waals surface area contributed by atoms with Crippen molar-refractivity contribution < 1.29 is 19.4 Å². The maximum Gasteiger partial charge on any atom is 0.221 e. The van der Waals surface area contributed by atoms with E-state index in [1.807, 2.05) is 36.2 Å². The fourth-order valence-corrected chi connectivity index (χ4v) is 2.53. The summed E-state index contributed by atoms with van der Waals surface area (Å²) in [7, 11) is 3.51. The first-order valence-electron chi connectivity index (χ1n) is 7.46. The van der Waals surface area contributed by atoms with Crippen molar-refractivity contribution in [1.29, 1.82) is 0 Å². The lowest BCUT2D eigenvalue weighted by atomic mass is 10.2. The number of methoxy groups -OCH3 is 1. The van der Waals surface area contributed by atoms with E-state index in [9.17, 15) is 9.90 Å². The molecule has 22 heavy (non-hydrogen) atoms. The van der Waals surface area contributed by atoms with Gasteiger partial charge >= 0.3 is 0 Å². The first kappa shape index (κ1) is 16.7. The molecule has 1 aromatic carbocycles. The van der Waals surface area contributed by atoms with E-state index >= 15 is 0 Å². The number of hydrogen-bond acceptors (Lipinski definition) is 5. The molecule has 0 aliphatic carbocycles. The molecule has 0 unspecified atom stereocenters. The average molecular weight is 308 g/mol. The van der Waals surface area contributed by atoms with Crippen LogP contribution in [-0.4, -0.2) is 62.0 Å². The molecule has 1 aliphatic rings. The molecule has 2 N–H and O–H groups in total. The molecule has 1 heterocycles. The number of carbonyl (C=O) groups excluding carboxylic acids is 1. The van der Waals surface area contributed by atoms with Gasteiger partial charge in [0.25, 0.3) is 0 Å². The van der Waals surface area contributed by atoms with Gasteiger partial charge in [0, 0.05) is 25.1 Å². The van der Waals surface area contributed by atoms with Crippen molar-refractivity contribution in [2.24, 2.45) is 0 Å². The van der Waals surface area contributed by atoms with Crippen LogP contribution in [-0.2, 0) is 16.1 Å². The number of para-hydroxylation sites is 1. The largest absolute Gasteiger partial charge is 0.496 e. The van der Waals surface area contributed by atoms with Crippen molar-refractivity contribution in [2.75, 3.05) is 33.9 Å². The summed E-state index contributed by atoms with van der Waals surface area (Å²) in [6.07, 6.45) is -0.0869. The van der Waals surface area contributed by atoms with Gasteiger partial charge in [-0.15, -0.1) is 0 Å². The van der Waals surface area contributed by atoms with Crippen LogP contribution < -0.4 is 10.1 Å². The lowest BCUT2D eigenvalue weighted by molar-refractivity contribution is -0.121. The predicted molar refractivity (Wildman–Crippen MR) is 82.7 cm³/mol. The number of aliphatic hydroxyl groups is 1. The number of aliphatic hydroxyl groups excluding tert-OH is 1. The Morgan fingerprint density at radius 3 is 2.91 bits per heavy atom. The highest BCUT2D eigenvalue weighted by Crippen LogP contribution is 2.16. The Morgan fingerprint density at radius 1 is 1.45 bits per heavy atom. The van der Waals surface area contributed by atoms with Gasteiger partial charge in [0.15, 0.2) is 0 Å². The van der Waals surface area contributed by atoms with Crippen LogP contribution in [0.3, 0.4) is 0 Å². The Kier molecular flexibility index (Phi) is 6.18. The molecule has 0 saturated carbocycles. The predicted octanol–water partition coefficient (Wildman–Crippen LogP) is 0.393. The molecule has 1 amide bonds. The normalized spacial score (nSPS) is 21.1. The molecule has 6 nitrogen and oxygen atoms in total. The van der Waals surface area contributed by atoms with Gasteiger partial charge < -0.3 is 19.9 Å². The van der Waals surface area contributed by atoms with Crippen molar-refractivity contribution in [1.82, 2.24) is 10.2 Å². The second-order valence-electron chi connectivity index (χ2n) is 5.49. The van der Waals surface area contributed by atoms with Crippen LogP contribution in [0.25, 0.3) is 0 Å². The molecule has 0 spiro atoms. The third-order valence-electron chi connectivity index (χ3n) is 3.95. The summed E-state index contributed by atoms with van der Waals surface area (Å²) in [5.74, 6) is 0.748. The van der Waals surface area contributed by atoms with Gasteiger partial charge in [-0.3, -0.25) is 9.69 Å². The summed E-state index contributed by atoms with van der Waals surface area (Å²) in [6, 6.07) is 7.59. The van der Waals surface area contributed by atoms with Crippen molar-refractivity contribution in [3.8, 4) is 5.75 Å². The fraction of sp³-hybridized carbons (Fsp3) is 0.562. The highest BCUT2D eigenvalue weighted by molar-refractivity contribution is 5.76. The minimum absolute atomic E-state index is 0.0221. The van der Waals surface area contributed by atoms with Gasteiger partial charge in [0.1, 0.15) is 5.75 Å². The third kappa shape index (κ3) is 4.43. The third-order valence-corrected chi connectivity index (χ3v) is 3.95. The summed E-state index contributed by atoms with van der Waals surface area (Å²) in [5, 5.41) is 12.6. The molecular weight excluding hydrogens is 284 g/mol. The van der Waals surface area contributed by atoms with Crippen molar-refractivity contribution in [2.45, 2.75) is 25.1 Å². The Hall–Kier alpha value is -1.63. The van der Waals surface area contributed by atoms with Crippen LogP contribution in [0.4, 0.5) is 0 Å². The average Bonchev–Trinajstić information content (AvgIpc) is 2.97. The van der Waals surface area contributed by atoms with Gasteiger partial charge in [0.2, 0.25) is 5.91 Å². The molecule has 1 aromatic rings. The van der Waals surface area contributed by atoms with Crippen molar-refractivity contribution in [3.63, 3.8) is 0 Å². The van der Waals surface area contributed by atoms with E-state index in [0.717, 1.165) is 11.3 Å². The highest BCUT2D eigenvalue weighted by atomic mass is 16.5. The number of likely N-dealkylation sites (N-methyl/N-ethyl adjacent to an activating group) is 1. The molecule has 1 fully saturated rings. The van der Waals surface area contributed by atoms with Crippen molar-refractivity contribution >= 4 is 5.91 Å². The topological polar surface area (TPSA) is 71.0 Å². The van der Waals surface area contributed by atoms with E-state index in [-0.39, 0.29) is 11.9 Å². The smallest absolute Gasteiger partial charge is 0.221 e. The number of ether oxygens (including phenoxy) is 2. The van der Waals surface area contributed by atoms with Crippen LogP contribution >= 0.6 is 0 Å². The number of rotatable bonds is 7. The van der Waals surface area contributed by atoms with E-state index in [4.69, 9.17) is 9.47 Å². The van der Waals surface area contributed by atoms with Crippen LogP contribution in [0.2, 0.25) is 0 Å². The van der Waals surface area contributed by atoms with Gasteiger partial charge in [-0.1, -0.05) is 18.2 Å². The maximum atomic E-state index is 11.9. The number of nitrogens with one attached hydrogen (secondary N) is 1. The summed E-state index contributed by atoms with van der Waals surface area (Å²) in [6.45, 7) is 1.92. The number of hydrogen-bond donors (Lipinski definition) is 2. The van der Waals surface area contributed by atoms with Gasteiger partial charge in [0.05, 0.1) is 32.5 Å². The minimum atomic E-state index is -0.471. The Morgan fingerprint density at radius 2 is 2.23 bits per heavy atom. The quantitative estimate of drug-likeness (QED) is 0.763. The molecule has 0 aromatic heterocycles. The first-order valence-corrected chi connectivity index (χ1v) is 7.46. The highest BCUT2D eigenvalue weighted by Gasteiger charge is 2.29. The Balaban J connectivity index is 1.74. The second-order valence-corrected chi connectivity index (χ2v) is 5.49. The zero-order chi connectivity index (χ0) is 15.9. The summed E-state index contributed by atoms with van der Waals surface area (Å²) >= 11 is 0. The van der Waals surface area contributed by atoms with Gasteiger partial charge in [-0.2, -0.15) is 0 Å². The summed E-state index contributed by atoms with van der Waals surface area (Å²) < 4.78 is 10.5. The fourth-order valence-electron chi connectivity index (χ4n) is 2.53. The molecule has 2 atom stereocenters. The molecule has 1 aliphatic heterocycles. The number of benzene rings is 1. The molecule has 0 bridgehead atoms. The zero-order valence-electron chi connectivity index (χ0n) is 13.1. The van der Waals surface area contributed by atoms with Crippen LogP contribution in [0.1, 0.15) is 12.0 Å². The zero-order valence-corrected chi connectivity index (χ0v) is 13.1. The van der Waals surface area contributed by atoms with E-state index < -0.39 is 6.10 Å². The summed E-state index contributed by atoms with van der Waals surface area (Å²) in [5.41, 5.74) is 0.950. The maximum absolute atomic E-state index is 11.9. The molecular formula is C16H24N2O4. The minimum Gasteiger partial charge on any atom is -0.496 e. The molecule has 2 rings (SSSR count). The van der Waals surface area contributed by atoms with E-state index in [1.54, 1.807) is 7.11 Å². The molecule has 0 radical (unpaired) electrons. The number of amides is 1. The Bertz CT molecular complexity index is 495. The Labute approximate surface area is 131 Å². The van der Waals surface area contributed by atoms with E-state index in [2.05, 4.69) is 5.32 Å². The van der Waals surface area contributed by atoms with Gasteiger partial charge in [-0.05, 0) is 13.1 Å². The van der Waals surface area contributed by atoms with Gasteiger partial charge in [-0.25, -0.2) is 0 Å². The molecule has 1 saturated heterocycles. The van der Waals surface area contributed by atoms with Crippen LogP contribution in [0, 0.1) is 0 Å². The van der Waals surface area contributed by atoms with Crippen molar-refractivity contribution in [3.05, 3.63) is 29.8 Å². The van der Waals surface area contributed by atoms with E-state index in [1.165, 1.54) is 0 Å².